The van der Waals surface area contributed by atoms with Crippen molar-refractivity contribution in [1.29, 1.82) is 0 Å². The molecule has 116 valence electrons. The molecule has 1 aliphatic carbocycles. The highest BCUT2D eigenvalue weighted by molar-refractivity contribution is 7.99. The summed E-state index contributed by atoms with van der Waals surface area (Å²) < 4.78 is 0. The first kappa shape index (κ1) is 15.8. The van der Waals surface area contributed by atoms with Crippen LogP contribution < -0.4 is 16.8 Å². The third kappa shape index (κ3) is 4.45. The molecule has 1 fully saturated rings. The zero-order chi connectivity index (χ0) is 15.4. The van der Waals surface area contributed by atoms with Crippen molar-refractivity contribution in [2.45, 2.75) is 44.3 Å². The fraction of sp³-hybridized carbons (Fsp3) is 0.692. The molecule has 21 heavy (non-hydrogen) atoms. The topological polar surface area (TPSA) is 120 Å². The van der Waals surface area contributed by atoms with Crippen molar-refractivity contribution in [3.63, 3.8) is 0 Å². The fourth-order valence-corrected chi connectivity index (χ4v) is 3.28. The summed E-state index contributed by atoms with van der Waals surface area (Å²) in [6, 6.07) is 0.260. The Labute approximate surface area is 128 Å². The highest BCUT2D eigenvalue weighted by Crippen LogP contribution is 2.29. The van der Waals surface area contributed by atoms with Gasteiger partial charge in [0.2, 0.25) is 17.8 Å². The van der Waals surface area contributed by atoms with E-state index in [1.165, 1.54) is 24.6 Å². The third-order valence-corrected chi connectivity index (χ3v) is 4.88. The van der Waals surface area contributed by atoms with E-state index in [1.54, 1.807) is 0 Å². The lowest BCUT2D eigenvalue weighted by Crippen LogP contribution is -2.44. The van der Waals surface area contributed by atoms with Crippen LogP contribution in [0.15, 0.2) is 5.16 Å². The van der Waals surface area contributed by atoms with Crippen LogP contribution >= 0.6 is 11.8 Å². The molecule has 2 rings (SSSR count). The van der Waals surface area contributed by atoms with E-state index >= 15 is 0 Å². The van der Waals surface area contributed by atoms with E-state index < -0.39 is 0 Å². The van der Waals surface area contributed by atoms with Gasteiger partial charge in [-0.15, -0.1) is 0 Å². The molecular weight excluding hydrogens is 288 g/mol. The first-order valence-electron chi connectivity index (χ1n) is 7.15. The molecule has 0 bridgehead atoms. The fourth-order valence-electron chi connectivity index (χ4n) is 2.62. The van der Waals surface area contributed by atoms with Crippen LogP contribution in [0.3, 0.4) is 0 Å². The molecule has 0 radical (unpaired) electrons. The third-order valence-electron chi connectivity index (χ3n) is 4.04. The Kier molecular flexibility index (Phi) is 5.22. The minimum atomic E-state index is -0.0106. The van der Waals surface area contributed by atoms with Crippen molar-refractivity contribution < 1.29 is 4.79 Å². The number of rotatable bonds is 4. The van der Waals surface area contributed by atoms with E-state index in [4.69, 9.17) is 11.5 Å². The quantitative estimate of drug-likeness (QED) is 0.711. The molecule has 8 heteroatoms. The summed E-state index contributed by atoms with van der Waals surface area (Å²) >= 11 is 1.21. The number of carbonyl (C=O) groups excluding carboxylic acids is 1. The average Bonchev–Trinajstić information content (AvgIpc) is 2.41. The summed E-state index contributed by atoms with van der Waals surface area (Å²) in [7, 11) is 0. The second-order valence-corrected chi connectivity index (χ2v) is 6.51. The van der Waals surface area contributed by atoms with Gasteiger partial charge in [0, 0.05) is 6.04 Å². The van der Waals surface area contributed by atoms with Gasteiger partial charge in [-0.05, 0) is 18.3 Å². The number of nitrogens with zero attached hydrogens (tertiary/aromatic N) is 3. The van der Waals surface area contributed by atoms with Gasteiger partial charge in [-0.2, -0.15) is 15.0 Å². The van der Waals surface area contributed by atoms with Crippen LogP contribution in [0, 0.1) is 11.8 Å². The maximum absolute atomic E-state index is 12.0. The number of carbonyl (C=O) groups is 1. The zero-order valence-corrected chi connectivity index (χ0v) is 13.2. The van der Waals surface area contributed by atoms with Crippen LogP contribution in [0.5, 0.6) is 0 Å². The molecule has 7 nitrogen and oxygen atoms in total. The summed E-state index contributed by atoms with van der Waals surface area (Å²) in [5.74, 6) is 1.54. The van der Waals surface area contributed by atoms with Crippen molar-refractivity contribution in [2.75, 3.05) is 17.2 Å². The number of nitrogen functional groups attached to an aromatic ring is 2. The smallest absolute Gasteiger partial charge is 0.230 e. The summed E-state index contributed by atoms with van der Waals surface area (Å²) in [5.41, 5.74) is 11.0. The van der Waals surface area contributed by atoms with Crippen LogP contribution in [-0.2, 0) is 4.79 Å². The molecule has 0 saturated heterocycles. The second-order valence-electron chi connectivity index (χ2n) is 5.56. The number of nitrogens with one attached hydrogen (secondary N) is 1. The maximum Gasteiger partial charge on any atom is 0.230 e. The van der Waals surface area contributed by atoms with Crippen LogP contribution in [-0.4, -0.2) is 32.7 Å². The van der Waals surface area contributed by atoms with Gasteiger partial charge >= 0.3 is 0 Å². The molecule has 1 heterocycles. The highest BCUT2D eigenvalue weighted by atomic mass is 32.2. The molecule has 0 spiro atoms. The number of aromatic nitrogens is 3. The van der Waals surface area contributed by atoms with Gasteiger partial charge in [0.05, 0.1) is 5.75 Å². The molecule has 1 saturated carbocycles. The van der Waals surface area contributed by atoms with Crippen molar-refractivity contribution >= 4 is 29.6 Å². The summed E-state index contributed by atoms with van der Waals surface area (Å²) in [6.07, 6.45) is 3.46. The Hall–Kier alpha value is -1.57. The molecule has 5 N–H and O–H groups in total. The zero-order valence-electron chi connectivity index (χ0n) is 12.4. The molecule has 3 atom stereocenters. The molecule has 1 aromatic heterocycles. The van der Waals surface area contributed by atoms with Gasteiger partial charge in [0.15, 0.2) is 5.16 Å². The van der Waals surface area contributed by atoms with Gasteiger partial charge in [0.25, 0.3) is 0 Å². The summed E-state index contributed by atoms with van der Waals surface area (Å²) in [4.78, 5) is 23.6. The Bertz CT molecular complexity index is 491. The molecule has 0 unspecified atom stereocenters. The summed E-state index contributed by atoms with van der Waals surface area (Å²) in [6.45, 7) is 4.45. The van der Waals surface area contributed by atoms with E-state index in [2.05, 4.69) is 34.1 Å². The van der Waals surface area contributed by atoms with Crippen LogP contribution in [0.1, 0.15) is 33.1 Å². The normalized spacial score (nSPS) is 25.5. The minimum Gasteiger partial charge on any atom is -0.368 e. The first-order chi connectivity index (χ1) is 9.95. The lowest BCUT2D eigenvalue weighted by molar-refractivity contribution is -0.120. The number of anilines is 2. The maximum atomic E-state index is 12.0. The van der Waals surface area contributed by atoms with Crippen LogP contribution in [0.25, 0.3) is 0 Å². The highest BCUT2D eigenvalue weighted by Gasteiger charge is 2.28. The SMILES string of the molecule is C[C@@H]1[C@H](C)CCC[C@H]1NC(=O)CSc1nc(N)nc(N)n1. The second kappa shape index (κ2) is 6.93. The Morgan fingerprint density at radius 3 is 2.57 bits per heavy atom. The van der Waals surface area contributed by atoms with E-state index in [1.807, 2.05) is 0 Å². The van der Waals surface area contributed by atoms with Crippen molar-refractivity contribution in [1.82, 2.24) is 20.3 Å². The Balaban J connectivity index is 1.84. The van der Waals surface area contributed by atoms with Gasteiger partial charge in [-0.25, -0.2) is 0 Å². The number of nitrogens with two attached hydrogens (primary N) is 2. The lowest BCUT2D eigenvalue weighted by Gasteiger charge is -2.34. The molecule has 0 aliphatic heterocycles. The van der Waals surface area contributed by atoms with E-state index in [-0.39, 0.29) is 29.6 Å². The van der Waals surface area contributed by atoms with Gasteiger partial charge in [-0.3, -0.25) is 4.79 Å². The monoisotopic (exact) mass is 310 g/mol. The number of amides is 1. The van der Waals surface area contributed by atoms with E-state index in [0.717, 1.165) is 6.42 Å². The lowest BCUT2D eigenvalue weighted by atomic mass is 9.78. The predicted octanol–water partition coefficient (Wildman–Crippen LogP) is 1.07. The molecular formula is C13H22N6OS. The standard InChI is InChI=1S/C13H22N6OS/c1-7-4-3-5-9(8(7)2)16-10(20)6-21-13-18-11(14)17-12(15)19-13/h7-9H,3-6H2,1-2H3,(H,16,20)(H4,14,15,17,18,19)/t7-,8-,9-/m1/s1. The predicted molar refractivity (Wildman–Crippen MR) is 83.5 cm³/mol. The largest absolute Gasteiger partial charge is 0.368 e. The molecule has 0 aromatic carbocycles. The van der Waals surface area contributed by atoms with Gasteiger partial charge in [0.1, 0.15) is 0 Å². The van der Waals surface area contributed by atoms with Crippen molar-refractivity contribution in [3.05, 3.63) is 0 Å². The number of hydrogen-bond donors (Lipinski definition) is 3. The Morgan fingerprint density at radius 1 is 1.24 bits per heavy atom. The number of thioether (sulfide) groups is 1. The van der Waals surface area contributed by atoms with Crippen LogP contribution in [0.4, 0.5) is 11.9 Å². The average molecular weight is 310 g/mol. The van der Waals surface area contributed by atoms with Crippen molar-refractivity contribution in [3.8, 4) is 0 Å². The Morgan fingerprint density at radius 2 is 1.90 bits per heavy atom. The number of hydrogen-bond acceptors (Lipinski definition) is 7. The van der Waals surface area contributed by atoms with Gasteiger partial charge in [-0.1, -0.05) is 38.5 Å². The molecule has 1 aromatic rings. The molecule has 1 aliphatic rings. The van der Waals surface area contributed by atoms with Crippen molar-refractivity contribution in [2.24, 2.45) is 11.8 Å². The van der Waals surface area contributed by atoms with E-state index in [9.17, 15) is 4.79 Å². The minimum absolute atomic E-state index is 0.0106. The molecule has 1 amide bonds. The van der Waals surface area contributed by atoms with E-state index in [0.29, 0.717) is 17.0 Å². The van der Waals surface area contributed by atoms with Gasteiger partial charge < -0.3 is 16.8 Å². The van der Waals surface area contributed by atoms with Crippen LogP contribution in [0.2, 0.25) is 0 Å². The summed E-state index contributed by atoms with van der Waals surface area (Å²) in [5, 5.41) is 3.48. The first-order valence-corrected chi connectivity index (χ1v) is 8.13.